The Kier molecular flexibility index (Phi) is 4.14. The number of amides is 1. The third-order valence-electron chi connectivity index (χ3n) is 4.09. The summed E-state index contributed by atoms with van der Waals surface area (Å²) in [5.74, 6) is 0.400. The third kappa shape index (κ3) is 2.82. The largest absolute Gasteiger partial charge is 0.454 e. The molecule has 2 aromatic carbocycles. The summed E-state index contributed by atoms with van der Waals surface area (Å²) in [6, 6.07) is 11.1. The number of aliphatic hydroxyl groups excluding tert-OH is 1. The lowest BCUT2D eigenvalue weighted by Crippen LogP contribution is -2.27. The highest BCUT2D eigenvalue weighted by Crippen LogP contribution is 2.43. The van der Waals surface area contributed by atoms with E-state index >= 15 is 0 Å². The van der Waals surface area contributed by atoms with Gasteiger partial charge in [-0.25, -0.2) is 9.37 Å². The fourth-order valence-electron chi connectivity index (χ4n) is 2.92. The molecule has 1 aliphatic heterocycles. The summed E-state index contributed by atoms with van der Waals surface area (Å²) in [5, 5.41) is 12.2. The summed E-state index contributed by atoms with van der Waals surface area (Å²) in [6.45, 7) is 0.0738. The van der Waals surface area contributed by atoms with Crippen molar-refractivity contribution in [1.29, 1.82) is 0 Å². The molecule has 1 aliphatic rings. The van der Waals surface area contributed by atoms with E-state index in [-0.39, 0.29) is 31.5 Å². The zero-order chi connectivity index (χ0) is 18.1. The van der Waals surface area contributed by atoms with Gasteiger partial charge in [0.15, 0.2) is 11.5 Å². The molecule has 1 amide bonds. The van der Waals surface area contributed by atoms with Crippen LogP contribution in [-0.4, -0.2) is 35.9 Å². The lowest BCUT2D eigenvalue weighted by molar-refractivity contribution is 0.0940. The predicted octanol–water partition coefficient (Wildman–Crippen LogP) is 2.49. The summed E-state index contributed by atoms with van der Waals surface area (Å²) < 4.78 is 24.4. The van der Waals surface area contributed by atoms with Crippen molar-refractivity contribution < 1.29 is 23.8 Å². The summed E-state index contributed by atoms with van der Waals surface area (Å²) in [7, 11) is 0. The number of nitrogens with zero attached hydrogens (tertiary/aromatic N) is 1. The molecule has 0 bridgehead atoms. The van der Waals surface area contributed by atoms with Crippen molar-refractivity contribution >= 4 is 16.8 Å². The molecule has 0 unspecified atom stereocenters. The molecular weight excluding hydrogens is 339 g/mol. The van der Waals surface area contributed by atoms with Gasteiger partial charge in [-0.1, -0.05) is 12.1 Å². The molecule has 0 aliphatic carbocycles. The number of hydrogen-bond donors (Lipinski definition) is 2. The predicted molar refractivity (Wildman–Crippen MR) is 92.7 cm³/mol. The van der Waals surface area contributed by atoms with Crippen molar-refractivity contribution in [2.24, 2.45) is 0 Å². The van der Waals surface area contributed by atoms with Crippen LogP contribution in [0.4, 0.5) is 4.39 Å². The van der Waals surface area contributed by atoms with Crippen LogP contribution >= 0.6 is 0 Å². The molecule has 0 saturated heterocycles. The number of hydrogen-bond acceptors (Lipinski definition) is 5. The number of fused-ring (bicyclic) bond motifs is 3. The topological polar surface area (TPSA) is 80.7 Å². The van der Waals surface area contributed by atoms with Gasteiger partial charge in [-0.15, -0.1) is 0 Å². The molecule has 0 fully saturated rings. The lowest BCUT2D eigenvalue weighted by atomic mass is 9.99. The Balaban J connectivity index is 1.94. The Labute approximate surface area is 148 Å². The summed E-state index contributed by atoms with van der Waals surface area (Å²) in [5.41, 5.74) is 2.17. The minimum absolute atomic E-state index is 0.107. The van der Waals surface area contributed by atoms with Gasteiger partial charge < -0.3 is 19.9 Å². The minimum Gasteiger partial charge on any atom is -0.454 e. The van der Waals surface area contributed by atoms with Crippen LogP contribution in [0.25, 0.3) is 22.0 Å². The van der Waals surface area contributed by atoms with E-state index < -0.39 is 5.91 Å². The maximum absolute atomic E-state index is 13.3. The second-order valence-electron chi connectivity index (χ2n) is 5.73. The summed E-state index contributed by atoms with van der Waals surface area (Å²) in [6.07, 6.45) is 0. The van der Waals surface area contributed by atoms with Gasteiger partial charge in [-0.05, 0) is 41.5 Å². The quantitative estimate of drug-likeness (QED) is 0.752. The lowest BCUT2D eigenvalue weighted by Gasteiger charge is -2.12. The van der Waals surface area contributed by atoms with E-state index in [0.717, 1.165) is 5.56 Å². The van der Waals surface area contributed by atoms with E-state index in [0.29, 0.717) is 28.0 Å². The van der Waals surface area contributed by atoms with Crippen LogP contribution in [0.2, 0.25) is 0 Å². The third-order valence-corrected chi connectivity index (χ3v) is 4.09. The number of rotatable bonds is 4. The second-order valence-corrected chi connectivity index (χ2v) is 5.73. The van der Waals surface area contributed by atoms with Gasteiger partial charge >= 0.3 is 0 Å². The van der Waals surface area contributed by atoms with E-state index in [1.165, 1.54) is 12.1 Å². The van der Waals surface area contributed by atoms with Gasteiger partial charge in [-0.2, -0.15) is 0 Å². The first-order chi connectivity index (χ1) is 12.7. The molecule has 132 valence electrons. The Hall–Kier alpha value is -3.19. The van der Waals surface area contributed by atoms with Crippen molar-refractivity contribution in [2.45, 2.75) is 0 Å². The zero-order valence-corrected chi connectivity index (χ0v) is 13.7. The van der Waals surface area contributed by atoms with Gasteiger partial charge in [0.25, 0.3) is 5.91 Å². The average Bonchev–Trinajstić information content (AvgIpc) is 3.14. The number of aromatic nitrogens is 1. The number of carbonyl (C=O) groups excluding carboxylic acids is 1. The number of carbonyl (C=O) groups is 1. The van der Waals surface area contributed by atoms with Crippen LogP contribution in [0, 0.1) is 5.82 Å². The molecule has 0 saturated carbocycles. The van der Waals surface area contributed by atoms with E-state index in [1.807, 2.05) is 0 Å². The first-order valence-corrected chi connectivity index (χ1v) is 8.06. The van der Waals surface area contributed by atoms with Crippen LogP contribution in [-0.2, 0) is 0 Å². The van der Waals surface area contributed by atoms with Crippen LogP contribution in [0.1, 0.15) is 10.5 Å². The average molecular weight is 354 g/mol. The maximum atomic E-state index is 13.3. The molecule has 0 spiro atoms. The van der Waals surface area contributed by atoms with Gasteiger partial charge in [0.05, 0.1) is 17.5 Å². The number of nitrogens with one attached hydrogen (secondary N) is 1. The highest BCUT2D eigenvalue weighted by Gasteiger charge is 2.22. The van der Waals surface area contributed by atoms with Crippen LogP contribution in [0.3, 0.4) is 0 Å². The SMILES string of the molecule is O=C(NCCO)c1cc(-c2ccc(F)cc2)c2c3c(ccc2n1)OCO3. The van der Waals surface area contributed by atoms with Crippen molar-refractivity contribution in [2.75, 3.05) is 19.9 Å². The smallest absolute Gasteiger partial charge is 0.270 e. The molecule has 3 aromatic rings. The molecule has 1 aromatic heterocycles. The number of benzene rings is 2. The number of ether oxygens (including phenoxy) is 2. The van der Waals surface area contributed by atoms with Crippen molar-refractivity contribution in [3.05, 3.63) is 54.0 Å². The monoisotopic (exact) mass is 354 g/mol. The fourth-order valence-corrected chi connectivity index (χ4v) is 2.92. The second kappa shape index (κ2) is 6.61. The molecule has 2 heterocycles. The molecule has 7 heteroatoms. The van der Waals surface area contributed by atoms with Gasteiger partial charge in [0.1, 0.15) is 11.5 Å². The molecule has 2 N–H and O–H groups in total. The molecule has 26 heavy (non-hydrogen) atoms. The highest BCUT2D eigenvalue weighted by molar-refractivity contribution is 6.04. The van der Waals surface area contributed by atoms with E-state index in [1.54, 1.807) is 30.3 Å². The van der Waals surface area contributed by atoms with Crippen molar-refractivity contribution in [1.82, 2.24) is 10.3 Å². The van der Waals surface area contributed by atoms with Crippen molar-refractivity contribution in [3.8, 4) is 22.6 Å². The standard InChI is InChI=1S/C19H15FN2O4/c20-12-3-1-11(2-4-12)13-9-15(19(24)21-7-8-23)22-14-5-6-16-18(17(13)14)26-10-25-16/h1-6,9,23H,7-8,10H2,(H,21,24). The molecule has 0 radical (unpaired) electrons. The number of aliphatic hydroxyl groups is 1. The highest BCUT2D eigenvalue weighted by atomic mass is 19.1. The Morgan fingerprint density at radius 2 is 2.00 bits per heavy atom. The Morgan fingerprint density at radius 3 is 2.77 bits per heavy atom. The maximum Gasteiger partial charge on any atom is 0.270 e. The molecular formula is C19H15FN2O4. The van der Waals surface area contributed by atoms with E-state index in [4.69, 9.17) is 14.6 Å². The Bertz CT molecular complexity index is 989. The van der Waals surface area contributed by atoms with E-state index in [9.17, 15) is 9.18 Å². The van der Waals surface area contributed by atoms with Crippen molar-refractivity contribution in [3.63, 3.8) is 0 Å². The normalized spacial score (nSPS) is 12.4. The van der Waals surface area contributed by atoms with Crippen LogP contribution in [0.15, 0.2) is 42.5 Å². The van der Waals surface area contributed by atoms with Crippen LogP contribution in [0.5, 0.6) is 11.5 Å². The first-order valence-electron chi connectivity index (χ1n) is 8.06. The van der Waals surface area contributed by atoms with Crippen LogP contribution < -0.4 is 14.8 Å². The Morgan fingerprint density at radius 1 is 1.19 bits per heavy atom. The molecule has 4 rings (SSSR count). The number of halogens is 1. The van der Waals surface area contributed by atoms with Gasteiger partial charge in [0.2, 0.25) is 6.79 Å². The van der Waals surface area contributed by atoms with Gasteiger partial charge in [0, 0.05) is 6.54 Å². The minimum atomic E-state index is -0.401. The summed E-state index contributed by atoms with van der Waals surface area (Å²) >= 11 is 0. The van der Waals surface area contributed by atoms with Gasteiger partial charge in [-0.3, -0.25) is 4.79 Å². The molecule has 0 atom stereocenters. The zero-order valence-electron chi connectivity index (χ0n) is 13.7. The summed E-state index contributed by atoms with van der Waals surface area (Å²) in [4.78, 5) is 16.7. The molecule has 6 nitrogen and oxygen atoms in total. The first kappa shape index (κ1) is 16.3. The number of pyridine rings is 1. The van der Waals surface area contributed by atoms with E-state index in [2.05, 4.69) is 10.3 Å². The fraction of sp³-hybridized carbons (Fsp3) is 0.158.